The zero-order valence-corrected chi connectivity index (χ0v) is 10.8. The average Bonchev–Trinajstić information content (AvgIpc) is 2.26. The molecule has 1 amide bonds. The highest BCUT2D eigenvalue weighted by Crippen LogP contribution is 2.15. The van der Waals surface area contributed by atoms with Crippen LogP contribution < -0.4 is 0 Å². The summed E-state index contributed by atoms with van der Waals surface area (Å²) < 4.78 is 5.39. The van der Waals surface area contributed by atoms with E-state index in [9.17, 15) is 4.79 Å². The minimum Gasteiger partial charge on any atom is -0.396 e. The molecule has 1 rings (SSSR count). The normalized spacial score (nSPS) is 23.2. The third kappa shape index (κ3) is 4.72. The van der Waals surface area contributed by atoms with Gasteiger partial charge in [-0.15, -0.1) is 11.8 Å². The number of hydrogen-bond donors (Lipinski definition) is 1. The first-order valence-corrected chi connectivity index (χ1v) is 6.80. The number of carbonyl (C=O) groups excluding carboxylic acids is 1. The minimum atomic E-state index is 0.151. The number of aliphatic hydroxyl groups excluding tert-OH is 1. The molecule has 1 aliphatic heterocycles. The van der Waals surface area contributed by atoms with E-state index in [2.05, 4.69) is 0 Å². The lowest BCUT2D eigenvalue weighted by Gasteiger charge is -2.31. The molecule has 0 bridgehead atoms. The van der Waals surface area contributed by atoms with Crippen molar-refractivity contribution in [3.8, 4) is 0 Å². The smallest absolute Gasteiger partial charge is 0.232 e. The van der Waals surface area contributed by atoms with Gasteiger partial charge in [0.15, 0.2) is 0 Å². The van der Waals surface area contributed by atoms with Crippen LogP contribution in [-0.2, 0) is 9.53 Å². The van der Waals surface area contributed by atoms with Gasteiger partial charge < -0.3 is 14.7 Å². The summed E-state index contributed by atoms with van der Waals surface area (Å²) in [6.45, 7) is 6.27. The molecule has 0 aromatic carbocycles. The predicted molar refractivity (Wildman–Crippen MR) is 65.6 cm³/mol. The fourth-order valence-corrected chi connectivity index (χ4v) is 2.50. The molecule has 0 aromatic rings. The van der Waals surface area contributed by atoms with Crippen molar-refractivity contribution >= 4 is 17.7 Å². The van der Waals surface area contributed by atoms with Crippen LogP contribution >= 0.6 is 11.8 Å². The van der Waals surface area contributed by atoms with Crippen molar-refractivity contribution in [2.45, 2.75) is 31.6 Å². The summed E-state index contributed by atoms with van der Waals surface area (Å²) in [6, 6.07) is 0. The zero-order chi connectivity index (χ0) is 12.0. The Balaban J connectivity index is 2.23. The maximum atomic E-state index is 11.8. The summed E-state index contributed by atoms with van der Waals surface area (Å²) in [5.41, 5.74) is 0. The SMILES string of the molecule is CC1CN(C(=O)CSC(C)CCO)CCO1. The highest BCUT2D eigenvalue weighted by Gasteiger charge is 2.21. The Kier molecular flexibility index (Phi) is 6.16. The summed E-state index contributed by atoms with van der Waals surface area (Å²) in [6.07, 6.45) is 0.898. The van der Waals surface area contributed by atoms with E-state index in [1.165, 1.54) is 0 Å². The van der Waals surface area contributed by atoms with Crippen LogP contribution in [0.25, 0.3) is 0 Å². The van der Waals surface area contributed by atoms with Crippen LogP contribution in [0.3, 0.4) is 0 Å². The molecule has 0 saturated carbocycles. The molecule has 2 unspecified atom stereocenters. The first kappa shape index (κ1) is 13.8. The number of aliphatic hydroxyl groups is 1. The van der Waals surface area contributed by atoms with Crippen LogP contribution in [0.1, 0.15) is 20.3 Å². The van der Waals surface area contributed by atoms with E-state index in [1.54, 1.807) is 11.8 Å². The van der Waals surface area contributed by atoms with Gasteiger partial charge in [0.2, 0.25) is 5.91 Å². The van der Waals surface area contributed by atoms with Gasteiger partial charge in [0, 0.05) is 24.9 Å². The molecule has 1 heterocycles. The van der Waals surface area contributed by atoms with Crippen molar-refractivity contribution in [2.24, 2.45) is 0 Å². The number of amides is 1. The Labute approximate surface area is 101 Å². The van der Waals surface area contributed by atoms with Gasteiger partial charge in [0.25, 0.3) is 0 Å². The Morgan fingerprint density at radius 1 is 1.69 bits per heavy atom. The van der Waals surface area contributed by atoms with Crippen molar-refractivity contribution in [1.82, 2.24) is 4.90 Å². The van der Waals surface area contributed by atoms with Gasteiger partial charge in [-0.3, -0.25) is 4.79 Å². The van der Waals surface area contributed by atoms with Crippen LogP contribution in [0, 0.1) is 0 Å². The van der Waals surface area contributed by atoms with Crippen molar-refractivity contribution in [3.63, 3.8) is 0 Å². The fourth-order valence-electron chi connectivity index (χ4n) is 1.61. The Morgan fingerprint density at radius 3 is 3.06 bits per heavy atom. The van der Waals surface area contributed by atoms with Gasteiger partial charge in [0.1, 0.15) is 0 Å². The molecular formula is C11H21NO3S. The Morgan fingerprint density at radius 2 is 2.44 bits per heavy atom. The molecule has 0 radical (unpaired) electrons. The maximum absolute atomic E-state index is 11.8. The van der Waals surface area contributed by atoms with Crippen molar-refractivity contribution in [1.29, 1.82) is 0 Å². The summed E-state index contributed by atoms with van der Waals surface area (Å²) in [5.74, 6) is 0.693. The van der Waals surface area contributed by atoms with Crippen molar-refractivity contribution in [3.05, 3.63) is 0 Å². The molecule has 0 aliphatic carbocycles. The number of hydrogen-bond acceptors (Lipinski definition) is 4. The van der Waals surface area contributed by atoms with Gasteiger partial charge in [-0.05, 0) is 13.3 Å². The van der Waals surface area contributed by atoms with Crippen LogP contribution in [0.5, 0.6) is 0 Å². The number of rotatable bonds is 5. The third-order valence-corrected chi connectivity index (χ3v) is 3.84. The third-order valence-electron chi connectivity index (χ3n) is 2.62. The van der Waals surface area contributed by atoms with Gasteiger partial charge in [0.05, 0.1) is 18.5 Å². The molecule has 5 heteroatoms. The monoisotopic (exact) mass is 247 g/mol. The second kappa shape index (κ2) is 7.14. The van der Waals surface area contributed by atoms with Crippen LogP contribution in [0.4, 0.5) is 0 Å². The van der Waals surface area contributed by atoms with Gasteiger partial charge in [-0.25, -0.2) is 0 Å². The summed E-state index contributed by atoms with van der Waals surface area (Å²) >= 11 is 1.61. The lowest BCUT2D eigenvalue weighted by atomic mass is 10.3. The fraction of sp³-hybridized carbons (Fsp3) is 0.909. The number of carbonyl (C=O) groups is 1. The highest BCUT2D eigenvalue weighted by molar-refractivity contribution is 8.00. The quantitative estimate of drug-likeness (QED) is 0.778. The van der Waals surface area contributed by atoms with E-state index in [0.29, 0.717) is 30.7 Å². The number of ether oxygens (including phenoxy) is 1. The van der Waals surface area contributed by atoms with Gasteiger partial charge in [-0.1, -0.05) is 6.92 Å². The van der Waals surface area contributed by atoms with Crippen molar-refractivity contribution < 1.29 is 14.6 Å². The molecule has 0 spiro atoms. The summed E-state index contributed by atoms with van der Waals surface area (Å²) in [4.78, 5) is 13.7. The van der Waals surface area contributed by atoms with E-state index in [-0.39, 0.29) is 18.6 Å². The predicted octanol–water partition coefficient (Wildman–Crippen LogP) is 0.738. The maximum Gasteiger partial charge on any atom is 0.232 e. The van der Waals surface area contributed by atoms with Crippen LogP contribution in [0.15, 0.2) is 0 Å². The van der Waals surface area contributed by atoms with Crippen LogP contribution in [0.2, 0.25) is 0 Å². The molecule has 1 aliphatic rings. The second-order valence-corrected chi connectivity index (χ2v) is 5.58. The molecule has 1 saturated heterocycles. The standard InChI is InChI=1S/C11H21NO3S/c1-9-7-12(4-6-15-9)11(14)8-16-10(2)3-5-13/h9-10,13H,3-8H2,1-2H3. The van der Waals surface area contributed by atoms with Gasteiger partial charge in [-0.2, -0.15) is 0 Å². The highest BCUT2D eigenvalue weighted by atomic mass is 32.2. The van der Waals surface area contributed by atoms with Crippen LogP contribution in [-0.4, -0.2) is 59.3 Å². The van der Waals surface area contributed by atoms with E-state index in [0.717, 1.165) is 6.42 Å². The lowest BCUT2D eigenvalue weighted by Crippen LogP contribution is -2.45. The minimum absolute atomic E-state index is 0.151. The average molecular weight is 247 g/mol. The number of morpholine rings is 1. The van der Waals surface area contributed by atoms with E-state index < -0.39 is 0 Å². The number of thioether (sulfide) groups is 1. The second-order valence-electron chi connectivity index (χ2n) is 4.16. The Hall–Kier alpha value is -0.260. The zero-order valence-electron chi connectivity index (χ0n) is 10.0. The summed E-state index contributed by atoms with van der Waals surface area (Å²) in [5, 5.41) is 9.10. The van der Waals surface area contributed by atoms with Gasteiger partial charge >= 0.3 is 0 Å². The van der Waals surface area contributed by atoms with E-state index in [4.69, 9.17) is 9.84 Å². The molecule has 2 atom stereocenters. The summed E-state index contributed by atoms with van der Waals surface area (Å²) in [7, 11) is 0. The van der Waals surface area contributed by atoms with E-state index in [1.807, 2.05) is 18.7 Å². The largest absolute Gasteiger partial charge is 0.396 e. The first-order valence-electron chi connectivity index (χ1n) is 5.75. The molecule has 1 N–H and O–H groups in total. The number of nitrogens with zero attached hydrogens (tertiary/aromatic N) is 1. The lowest BCUT2D eigenvalue weighted by molar-refractivity contribution is -0.135. The molecule has 4 nitrogen and oxygen atoms in total. The molecule has 94 valence electrons. The topological polar surface area (TPSA) is 49.8 Å². The first-order chi connectivity index (χ1) is 7.63. The Bertz CT molecular complexity index is 225. The molecular weight excluding hydrogens is 226 g/mol. The van der Waals surface area contributed by atoms with Crippen molar-refractivity contribution in [2.75, 3.05) is 32.1 Å². The molecule has 0 aromatic heterocycles. The molecule has 1 fully saturated rings. The van der Waals surface area contributed by atoms with E-state index >= 15 is 0 Å². The molecule has 16 heavy (non-hydrogen) atoms.